The highest BCUT2D eigenvalue weighted by atomic mass is 127. The van der Waals surface area contributed by atoms with Gasteiger partial charge in [0, 0.05) is 44.1 Å². The lowest BCUT2D eigenvalue weighted by Gasteiger charge is -2.55. The first-order valence-electron chi connectivity index (χ1n) is 9.25. The van der Waals surface area contributed by atoms with Gasteiger partial charge in [-0.25, -0.2) is 0 Å². The van der Waals surface area contributed by atoms with Crippen LogP contribution in [-0.4, -0.2) is 62.3 Å². The SMILES string of the molecule is CCOC(=O)C1CCN(C(=NC)NC2C3CCOC3C2(C)C)CC1.I. The van der Waals surface area contributed by atoms with Gasteiger partial charge in [-0.2, -0.15) is 0 Å². The predicted molar refractivity (Wildman–Crippen MR) is 108 cm³/mol. The van der Waals surface area contributed by atoms with Crippen molar-refractivity contribution in [3.8, 4) is 0 Å². The van der Waals surface area contributed by atoms with Gasteiger partial charge in [-0.3, -0.25) is 9.79 Å². The molecule has 0 aromatic carbocycles. The van der Waals surface area contributed by atoms with E-state index in [4.69, 9.17) is 9.47 Å². The van der Waals surface area contributed by atoms with Gasteiger partial charge in [-0.1, -0.05) is 13.8 Å². The third-order valence-electron chi connectivity index (χ3n) is 6.01. The van der Waals surface area contributed by atoms with E-state index in [2.05, 4.69) is 29.1 Å². The summed E-state index contributed by atoms with van der Waals surface area (Å²) in [5, 5.41) is 3.68. The summed E-state index contributed by atoms with van der Waals surface area (Å²) in [7, 11) is 1.84. The summed E-state index contributed by atoms with van der Waals surface area (Å²) in [5.74, 6) is 1.53. The molecule has 1 aliphatic carbocycles. The van der Waals surface area contributed by atoms with E-state index in [1.807, 2.05) is 14.0 Å². The maximum absolute atomic E-state index is 11.9. The Kier molecular flexibility index (Phi) is 6.98. The first-order chi connectivity index (χ1) is 11.5. The van der Waals surface area contributed by atoms with Gasteiger partial charge in [-0.15, -0.1) is 24.0 Å². The molecule has 6 nitrogen and oxygen atoms in total. The highest BCUT2D eigenvalue weighted by molar-refractivity contribution is 14.0. The van der Waals surface area contributed by atoms with E-state index < -0.39 is 0 Å². The van der Waals surface area contributed by atoms with E-state index in [0.717, 1.165) is 44.9 Å². The topological polar surface area (TPSA) is 63.2 Å². The molecule has 2 aliphatic heterocycles. The monoisotopic (exact) mass is 465 g/mol. The van der Waals surface area contributed by atoms with Crippen LogP contribution in [0.2, 0.25) is 0 Å². The molecule has 0 spiro atoms. The van der Waals surface area contributed by atoms with Crippen molar-refractivity contribution in [3.63, 3.8) is 0 Å². The number of fused-ring (bicyclic) bond motifs is 1. The number of guanidine groups is 1. The van der Waals surface area contributed by atoms with Gasteiger partial charge in [0.1, 0.15) is 0 Å². The lowest BCUT2D eigenvalue weighted by Crippen LogP contribution is -2.68. The Morgan fingerprint density at radius 1 is 1.32 bits per heavy atom. The number of ether oxygens (including phenoxy) is 2. The summed E-state index contributed by atoms with van der Waals surface area (Å²) in [6.45, 7) is 9.44. The minimum atomic E-state index is -0.0498. The van der Waals surface area contributed by atoms with Crippen molar-refractivity contribution in [1.82, 2.24) is 10.2 Å². The maximum atomic E-state index is 11.9. The van der Waals surface area contributed by atoms with Crippen LogP contribution in [0, 0.1) is 17.3 Å². The molecule has 0 amide bonds. The van der Waals surface area contributed by atoms with Gasteiger partial charge in [0.2, 0.25) is 0 Å². The van der Waals surface area contributed by atoms with Gasteiger partial charge in [0.25, 0.3) is 0 Å². The fraction of sp³-hybridized carbons (Fsp3) is 0.889. The van der Waals surface area contributed by atoms with Crippen LogP contribution in [0.25, 0.3) is 0 Å². The van der Waals surface area contributed by atoms with Crippen molar-refractivity contribution in [3.05, 3.63) is 0 Å². The number of nitrogens with zero attached hydrogens (tertiary/aromatic N) is 2. The maximum Gasteiger partial charge on any atom is 0.309 e. The van der Waals surface area contributed by atoms with Gasteiger partial charge in [-0.05, 0) is 26.2 Å². The molecule has 0 aromatic rings. The zero-order valence-electron chi connectivity index (χ0n) is 15.8. The minimum absolute atomic E-state index is 0. The molecule has 1 N–H and O–H groups in total. The molecule has 3 rings (SSSR count). The summed E-state index contributed by atoms with van der Waals surface area (Å²) >= 11 is 0. The number of piperidine rings is 1. The number of likely N-dealkylation sites (tertiary alicyclic amines) is 1. The molecule has 2 heterocycles. The number of halogens is 1. The minimum Gasteiger partial charge on any atom is -0.466 e. The normalized spacial score (nSPS) is 31.6. The first-order valence-corrected chi connectivity index (χ1v) is 9.25. The largest absolute Gasteiger partial charge is 0.466 e. The highest BCUT2D eigenvalue weighted by Gasteiger charge is 2.59. The van der Waals surface area contributed by atoms with Crippen LogP contribution < -0.4 is 5.32 Å². The fourth-order valence-corrected chi connectivity index (χ4v) is 4.64. The quantitative estimate of drug-likeness (QED) is 0.300. The Hall–Kier alpha value is -0.570. The summed E-state index contributed by atoms with van der Waals surface area (Å²) < 4.78 is 11.0. The number of carbonyl (C=O) groups excluding carboxylic acids is 1. The lowest BCUT2D eigenvalue weighted by atomic mass is 9.57. The van der Waals surface area contributed by atoms with E-state index in [9.17, 15) is 4.79 Å². The lowest BCUT2D eigenvalue weighted by molar-refractivity contribution is -0.149. The van der Waals surface area contributed by atoms with E-state index >= 15 is 0 Å². The predicted octanol–water partition coefficient (Wildman–Crippen LogP) is 2.27. The fourth-order valence-electron chi connectivity index (χ4n) is 4.64. The summed E-state index contributed by atoms with van der Waals surface area (Å²) in [4.78, 5) is 18.7. The molecule has 0 bridgehead atoms. The van der Waals surface area contributed by atoms with Gasteiger partial charge in [0.15, 0.2) is 5.96 Å². The average molecular weight is 465 g/mol. The molecule has 3 unspecified atom stereocenters. The first kappa shape index (κ1) is 20.7. The number of carbonyl (C=O) groups is 1. The third kappa shape index (κ3) is 3.91. The Bertz CT molecular complexity index is 504. The number of esters is 1. The molecule has 2 saturated heterocycles. The molecule has 3 atom stereocenters. The van der Waals surface area contributed by atoms with E-state index in [-0.39, 0.29) is 41.3 Å². The number of nitrogens with one attached hydrogen (secondary N) is 1. The zero-order chi connectivity index (χ0) is 17.3. The molecule has 144 valence electrons. The molecule has 0 radical (unpaired) electrons. The number of hydrogen-bond acceptors (Lipinski definition) is 4. The van der Waals surface area contributed by atoms with E-state index in [0.29, 0.717) is 24.7 Å². The van der Waals surface area contributed by atoms with Gasteiger partial charge >= 0.3 is 5.97 Å². The molecular weight excluding hydrogens is 433 g/mol. The Morgan fingerprint density at radius 3 is 2.60 bits per heavy atom. The van der Waals surface area contributed by atoms with Crippen LogP contribution >= 0.6 is 24.0 Å². The zero-order valence-corrected chi connectivity index (χ0v) is 18.1. The Morgan fingerprint density at radius 2 is 2.00 bits per heavy atom. The van der Waals surface area contributed by atoms with E-state index in [1.54, 1.807) is 0 Å². The second-order valence-electron chi connectivity index (χ2n) is 7.75. The standard InChI is InChI=1S/C18H31N3O3.HI/c1-5-23-16(22)12-6-9-21(10-7-12)17(19-4)20-14-13-8-11-24-15(13)18(14,2)3;/h12-15H,5-11H2,1-4H3,(H,19,20);1H. The molecule has 3 fully saturated rings. The molecule has 7 heteroatoms. The highest BCUT2D eigenvalue weighted by Crippen LogP contribution is 2.52. The van der Waals surface area contributed by atoms with E-state index in [1.165, 1.54) is 0 Å². The average Bonchev–Trinajstić information content (AvgIpc) is 3.03. The van der Waals surface area contributed by atoms with Crippen LogP contribution in [0.3, 0.4) is 0 Å². The summed E-state index contributed by atoms with van der Waals surface area (Å²) in [5.41, 5.74) is 0.139. The third-order valence-corrected chi connectivity index (χ3v) is 6.01. The van der Waals surface area contributed by atoms with Gasteiger partial charge in [0.05, 0.1) is 18.6 Å². The molecule has 3 aliphatic rings. The Balaban J connectivity index is 0.00000225. The number of rotatable bonds is 3. The second kappa shape index (κ2) is 8.41. The molecule has 1 saturated carbocycles. The summed E-state index contributed by atoms with van der Waals surface area (Å²) in [6.07, 6.45) is 3.18. The Labute approximate surface area is 168 Å². The summed E-state index contributed by atoms with van der Waals surface area (Å²) in [6, 6.07) is 0.409. The van der Waals surface area contributed by atoms with Crippen LogP contribution in [0.4, 0.5) is 0 Å². The van der Waals surface area contributed by atoms with Crippen molar-refractivity contribution < 1.29 is 14.3 Å². The van der Waals surface area contributed by atoms with Crippen molar-refractivity contribution in [2.24, 2.45) is 22.2 Å². The number of aliphatic imine (C=N–C) groups is 1. The van der Waals surface area contributed by atoms with Crippen molar-refractivity contribution in [1.29, 1.82) is 0 Å². The van der Waals surface area contributed by atoms with Gasteiger partial charge < -0.3 is 19.7 Å². The second-order valence-corrected chi connectivity index (χ2v) is 7.75. The molecular formula is C18H32IN3O3. The smallest absolute Gasteiger partial charge is 0.309 e. The van der Waals surface area contributed by atoms with Crippen molar-refractivity contribution in [2.75, 3.05) is 33.4 Å². The van der Waals surface area contributed by atoms with Crippen molar-refractivity contribution >= 4 is 35.9 Å². The number of hydrogen-bond donors (Lipinski definition) is 1. The molecule has 0 aromatic heterocycles. The van der Waals surface area contributed by atoms with Crippen LogP contribution in [0.1, 0.15) is 40.0 Å². The van der Waals surface area contributed by atoms with Crippen LogP contribution in [0.15, 0.2) is 4.99 Å². The van der Waals surface area contributed by atoms with Crippen molar-refractivity contribution in [2.45, 2.75) is 52.2 Å². The molecule has 25 heavy (non-hydrogen) atoms. The van der Waals surface area contributed by atoms with Crippen LogP contribution in [0.5, 0.6) is 0 Å². The van der Waals surface area contributed by atoms with Crippen LogP contribution in [-0.2, 0) is 14.3 Å².